The summed E-state index contributed by atoms with van der Waals surface area (Å²) in [7, 11) is 0. The summed E-state index contributed by atoms with van der Waals surface area (Å²) in [5, 5.41) is 3.61. The van der Waals surface area contributed by atoms with E-state index in [2.05, 4.69) is 51.3 Å². The molecule has 110 valence electrons. The Morgan fingerprint density at radius 3 is 2.90 bits per heavy atom. The van der Waals surface area contributed by atoms with Crippen molar-refractivity contribution in [3.8, 4) is 0 Å². The van der Waals surface area contributed by atoms with Crippen molar-refractivity contribution in [2.75, 3.05) is 26.2 Å². The molecule has 0 amide bonds. The molecule has 0 bridgehead atoms. The van der Waals surface area contributed by atoms with Gasteiger partial charge in [0.05, 0.1) is 0 Å². The van der Waals surface area contributed by atoms with Gasteiger partial charge in [0.15, 0.2) is 0 Å². The fourth-order valence-electron chi connectivity index (χ4n) is 3.82. The SMILES string of the molecule is Cc1ccc(CN2CCCC3(CCCNC3)C2)cc1Br. The molecule has 1 aromatic carbocycles. The second-order valence-corrected chi connectivity index (χ2v) is 7.53. The Morgan fingerprint density at radius 2 is 2.15 bits per heavy atom. The first-order chi connectivity index (χ1) is 9.67. The van der Waals surface area contributed by atoms with Gasteiger partial charge in [0.2, 0.25) is 0 Å². The predicted octanol–water partition coefficient (Wildman–Crippen LogP) is 3.72. The highest BCUT2D eigenvalue weighted by atomic mass is 79.9. The third kappa shape index (κ3) is 3.26. The zero-order valence-electron chi connectivity index (χ0n) is 12.4. The van der Waals surface area contributed by atoms with E-state index in [1.165, 1.54) is 67.5 Å². The fraction of sp³-hybridized carbons (Fsp3) is 0.647. The number of nitrogens with one attached hydrogen (secondary N) is 1. The van der Waals surface area contributed by atoms with E-state index in [0.29, 0.717) is 5.41 Å². The molecule has 1 spiro atoms. The molecule has 2 nitrogen and oxygen atoms in total. The molecule has 2 aliphatic heterocycles. The van der Waals surface area contributed by atoms with Crippen LogP contribution in [0.4, 0.5) is 0 Å². The van der Waals surface area contributed by atoms with Crippen molar-refractivity contribution in [2.45, 2.75) is 39.2 Å². The molecule has 20 heavy (non-hydrogen) atoms. The summed E-state index contributed by atoms with van der Waals surface area (Å²) in [6.45, 7) is 8.21. The van der Waals surface area contributed by atoms with Crippen molar-refractivity contribution in [2.24, 2.45) is 5.41 Å². The van der Waals surface area contributed by atoms with Crippen LogP contribution in [0, 0.1) is 12.3 Å². The van der Waals surface area contributed by atoms with E-state index in [-0.39, 0.29) is 0 Å². The first kappa shape index (κ1) is 14.6. The van der Waals surface area contributed by atoms with Crippen LogP contribution >= 0.6 is 15.9 Å². The van der Waals surface area contributed by atoms with Gasteiger partial charge >= 0.3 is 0 Å². The Balaban J connectivity index is 1.66. The van der Waals surface area contributed by atoms with E-state index in [4.69, 9.17) is 0 Å². The third-order valence-corrected chi connectivity index (χ3v) is 5.80. The van der Waals surface area contributed by atoms with Gasteiger partial charge in [-0.1, -0.05) is 28.1 Å². The molecule has 1 atom stereocenters. The normalized spacial score (nSPS) is 27.9. The highest BCUT2D eigenvalue weighted by Crippen LogP contribution is 2.36. The predicted molar refractivity (Wildman–Crippen MR) is 87.9 cm³/mol. The number of halogens is 1. The van der Waals surface area contributed by atoms with Gasteiger partial charge in [0, 0.05) is 24.1 Å². The molecular weight excluding hydrogens is 312 g/mol. The average molecular weight is 337 g/mol. The van der Waals surface area contributed by atoms with Gasteiger partial charge < -0.3 is 5.32 Å². The van der Waals surface area contributed by atoms with Gasteiger partial charge in [0.1, 0.15) is 0 Å². The summed E-state index contributed by atoms with van der Waals surface area (Å²) in [5.41, 5.74) is 3.31. The lowest BCUT2D eigenvalue weighted by Crippen LogP contribution is -2.50. The number of likely N-dealkylation sites (tertiary alicyclic amines) is 1. The van der Waals surface area contributed by atoms with E-state index in [1.807, 2.05) is 0 Å². The Hall–Kier alpha value is -0.380. The monoisotopic (exact) mass is 336 g/mol. The first-order valence-corrected chi connectivity index (χ1v) is 8.64. The molecule has 0 saturated carbocycles. The summed E-state index contributed by atoms with van der Waals surface area (Å²) in [5.74, 6) is 0. The van der Waals surface area contributed by atoms with E-state index in [1.54, 1.807) is 0 Å². The molecule has 2 saturated heterocycles. The molecule has 0 radical (unpaired) electrons. The number of nitrogens with zero attached hydrogens (tertiary/aromatic N) is 1. The maximum atomic E-state index is 3.65. The summed E-state index contributed by atoms with van der Waals surface area (Å²) >= 11 is 3.65. The summed E-state index contributed by atoms with van der Waals surface area (Å²) in [6, 6.07) is 6.79. The summed E-state index contributed by atoms with van der Waals surface area (Å²) < 4.78 is 1.24. The van der Waals surface area contributed by atoms with Gasteiger partial charge in [-0.2, -0.15) is 0 Å². The number of aryl methyl sites for hydroxylation is 1. The van der Waals surface area contributed by atoms with Crippen molar-refractivity contribution in [1.29, 1.82) is 0 Å². The van der Waals surface area contributed by atoms with Crippen LogP contribution in [-0.2, 0) is 6.54 Å². The molecule has 3 rings (SSSR count). The lowest BCUT2D eigenvalue weighted by atomic mass is 9.74. The van der Waals surface area contributed by atoms with Crippen molar-refractivity contribution < 1.29 is 0 Å². The van der Waals surface area contributed by atoms with E-state index in [0.717, 1.165) is 6.54 Å². The minimum Gasteiger partial charge on any atom is -0.316 e. The van der Waals surface area contributed by atoms with Gasteiger partial charge in [0.25, 0.3) is 0 Å². The highest BCUT2D eigenvalue weighted by molar-refractivity contribution is 9.10. The molecule has 2 fully saturated rings. The molecule has 0 aromatic heterocycles. The standard InChI is InChI=1S/C17H25BrN2/c1-14-4-5-15(10-16(14)18)11-20-9-3-7-17(13-20)6-2-8-19-12-17/h4-5,10,19H,2-3,6-9,11-13H2,1H3. The van der Waals surface area contributed by atoms with Gasteiger partial charge in [-0.25, -0.2) is 0 Å². The second-order valence-electron chi connectivity index (χ2n) is 6.68. The van der Waals surface area contributed by atoms with Crippen LogP contribution in [0.3, 0.4) is 0 Å². The number of hydrogen-bond donors (Lipinski definition) is 1. The number of hydrogen-bond acceptors (Lipinski definition) is 2. The lowest BCUT2D eigenvalue weighted by molar-refractivity contribution is 0.0600. The van der Waals surface area contributed by atoms with E-state index >= 15 is 0 Å². The second kappa shape index (κ2) is 6.17. The van der Waals surface area contributed by atoms with Crippen LogP contribution in [0.25, 0.3) is 0 Å². The zero-order valence-corrected chi connectivity index (χ0v) is 14.0. The largest absolute Gasteiger partial charge is 0.316 e. The molecule has 2 heterocycles. The van der Waals surface area contributed by atoms with Gasteiger partial charge in [-0.15, -0.1) is 0 Å². The minimum absolute atomic E-state index is 0.554. The molecular formula is C17H25BrN2. The fourth-order valence-corrected chi connectivity index (χ4v) is 4.24. The van der Waals surface area contributed by atoms with Crippen molar-refractivity contribution in [3.63, 3.8) is 0 Å². The molecule has 1 N–H and O–H groups in total. The first-order valence-electron chi connectivity index (χ1n) is 7.85. The van der Waals surface area contributed by atoms with E-state index < -0.39 is 0 Å². The van der Waals surface area contributed by atoms with E-state index in [9.17, 15) is 0 Å². The van der Waals surface area contributed by atoms with Crippen LogP contribution in [0.2, 0.25) is 0 Å². The lowest BCUT2D eigenvalue weighted by Gasteiger charge is -2.45. The number of benzene rings is 1. The Bertz CT molecular complexity index is 461. The van der Waals surface area contributed by atoms with Crippen LogP contribution in [0.15, 0.2) is 22.7 Å². The van der Waals surface area contributed by atoms with Crippen molar-refractivity contribution >= 4 is 15.9 Å². The smallest absolute Gasteiger partial charge is 0.0234 e. The summed E-state index contributed by atoms with van der Waals surface area (Å²) in [6.07, 6.45) is 5.53. The molecule has 0 aliphatic carbocycles. The minimum atomic E-state index is 0.554. The maximum absolute atomic E-state index is 3.65. The van der Waals surface area contributed by atoms with Crippen LogP contribution < -0.4 is 5.32 Å². The highest BCUT2D eigenvalue weighted by Gasteiger charge is 2.36. The quantitative estimate of drug-likeness (QED) is 0.885. The summed E-state index contributed by atoms with van der Waals surface area (Å²) in [4.78, 5) is 2.66. The van der Waals surface area contributed by atoms with Crippen LogP contribution in [0.5, 0.6) is 0 Å². The Morgan fingerprint density at radius 1 is 1.30 bits per heavy atom. The van der Waals surface area contributed by atoms with Crippen LogP contribution in [0.1, 0.15) is 36.8 Å². The average Bonchev–Trinajstić information content (AvgIpc) is 2.44. The van der Waals surface area contributed by atoms with Crippen molar-refractivity contribution in [1.82, 2.24) is 10.2 Å². The van der Waals surface area contributed by atoms with Gasteiger partial charge in [-0.3, -0.25) is 4.90 Å². The maximum Gasteiger partial charge on any atom is 0.0234 e. The molecule has 3 heteroatoms. The van der Waals surface area contributed by atoms with Gasteiger partial charge in [-0.05, 0) is 68.3 Å². The van der Waals surface area contributed by atoms with Crippen LogP contribution in [-0.4, -0.2) is 31.1 Å². The molecule has 1 aromatic rings. The topological polar surface area (TPSA) is 15.3 Å². The third-order valence-electron chi connectivity index (χ3n) is 4.94. The van der Waals surface area contributed by atoms with Crippen molar-refractivity contribution in [3.05, 3.63) is 33.8 Å². The number of rotatable bonds is 2. The Kier molecular flexibility index (Phi) is 4.49. The number of piperidine rings is 2. The molecule has 1 unspecified atom stereocenters. The zero-order chi connectivity index (χ0) is 14.0. The Labute approximate surface area is 131 Å². The molecule has 2 aliphatic rings.